The van der Waals surface area contributed by atoms with Gasteiger partial charge in [0.15, 0.2) is 0 Å². The predicted octanol–water partition coefficient (Wildman–Crippen LogP) is 3.93. The van der Waals surface area contributed by atoms with Crippen LogP contribution in [0, 0.1) is 0 Å². The summed E-state index contributed by atoms with van der Waals surface area (Å²) in [6.45, 7) is 0. The van der Waals surface area contributed by atoms with Crippen LogP contribution in [0.2, 0.25) is 0 Å². The van der Waals surface area contributed by atoms with Crippen LogP contribution >= 0.6 is 0 Å². The van der Waals surface area contributed by atoms with Crippen molar-refractivity contribution in [3.8, 4) is 0 Å². The molecule has 0 N–H and O–H groups in total. The Morgan fingerprint density at radius 1 is 1.08 bits per heavy atom. The molecule has 0 bridgehead atoms. The SMILES string of the molecule is O=C(CCc1cncnc1)N(c1cccc2cccnc12)C1CCCC1. The van der Waals surface area contributed by atoms with Gasteiger partial charge >= 0.3 is 0 Å². The molecule has 4 rings (SSSR count). The van der Waals surface area contributed by atoms with E-state index >= 15 is 0 Å². The van der Waals surface area contributed by atoms with Gasteiger partial charge in [-0.15, -0.1) is 0 Å². The van der Waals surface area contributed by atoms with Gasteiger partial charge < -0.3 is 4.90 Å². The molecule has 26 heavy (non-hydrogen) atoms. The number of benzene rings is 1. The van der Waals surface area contributed by atoms with E-state index in [2.05, 4.69) is 15.0 Å². The number of carbonyl (C=O) groups is 1. The first kappa shape index (κ1) is 16.6. The minimum absolute atomic E-state index is 0.152. The van der Waals surface area contributed by atoms with Crippen molar-refractivity contribution in [3.05, 3.63) is 60.8 Å². The molecule has 5 nitrogen and oxygen atoms in total. The first-order chi connectivity index (χ1) is 12.8. The summed E-state index contributed by atoms with van der Waals surface area (Å²) in [5.41, 5.74) is 2.82. The molecule has 1 aliphatic rings. The molecule has 0 saturated heterocycles. The lowest BCUT2D eigenvalue weighted by molar-refractivity contribution is -0.119. The van der Waals surface area contributed by atoms with Gasteiger partial charge in [0.1, 0.15) is 6.33 Å². The third-order valence-corrected chi connectivity index (χ3v) is 5.07. The molecule has 1 aliphatic carbocycles. The van der Waals surface area contributed by atoms with Gasteiger partial charge in [0.2, 0.25) is 5.91 Å². The molecule has 5 heteroatoms. The number of hydrogen-bond acceptors (Lipinski definition) is 4. The third kappa shape index (κ3) is 3.43. The molecule has 1 saturated carbocycles. The lowest BCUT2D eigenvalue weighted by atomic mass is 10.1. The monoisotopic (exact) mass is 346 g/mol. The molecule has 1 aromatic carbocycles. The van der Waals surface area contributed by atoms with Gasteiger partial charge in [-0.05, 0) is 37.0 Å². The lowest BCUT2D eigenvalue weighted by Gasteiger charge is -2.30. The van der Waals surface area contributed by atoms with Crippen LogP contribution in [0.5, 0.6) is 0 Å². The fourth-order valence-electron chi connectivity index (χ4n) is 3.81. The van der Waals surface area contributed by atoms with Gasteiger partial charge in [-0.25, -0.2) is 9.97 Å². The van der Waals surface area contributed by atoms with Crippen LogP contribution in [-0.2, 0) is 11.2 Å². The van der Waals surface area contributed by atoms with Crippen LogP contribution in [-0.4, -0.2) is 26.9 Å². The van der Waals surface area contributed by atoms with Crippen molar-refractivity contribution in [1.29, 1.82) is 0 Å². The highest BCUT2D eigenvalue weighted by atomic mass is 16.2. The number of pyridine rings is 1. The van der Waals surface area contributed by atoms with Gasteiger partial charge in [-0.2, -0.15) is 0 Å². The maximum Gasteiger partial charge on any atom is 0.227 e. The fourth-order valence-corrected chi connectivity index (χ4v) is 3.81. The second-order valence-corrected chi connectivity index (χ2v) is 6.80. The van der Waals surface area contributed by atoms with Gasteiger partial charge in [0, 0.05) is 36.4 Å². The summed E-state index contributed by atoms with van der Waals surface area (Å²) in [7, 11) is 0. The fraction of sp³-hybridized carbons (Fsp3) is 0.333. The Kier molecular flexibility index (Phi) is 4.86. The zero-order valence-electron chi connectivity index (χ0n) is 14.7. The average Bonchev–Trinajstić information content (AvgIpc) is 3.22. The molecule has 0 spiro atoms. The molecule has 3 aromatic rings. The van der Waals surface area contributed by atoms with Crippen molar-refractivity contribution >= 4 is 22.5 Å². The van der Waals surface area contributed by atoms with E-state index in [1.54, 1.807) is 18.6 Å². The van der Waals surface area contributed by atoms with Crippen molar-refractivity contribution < 1.29 is 4.79 Å². The van der Waals surface area contributed by atoms with Crippen LogP contribution in [0.3, 0.4) is 0 Å². The summed E-state index contributed by atoms with van der Waals surface area (Å²) in [6, 6.07) is 10.3. The van der Waals surface area contributed by atoms with Crippen LogP contribution < -0.4 is 4.90 Å². The van der Waals surface area contributed by atoms with Crippen LogP contribution in [0.25, 0.3) is 10.9 Å². The van der Waals surface area contributed by atoms with Gasteiger partial charge in [-0.1, -0.05) is 31.0 Å². The Labute approximate surface area is 153 Å². The van der Waals surface area contributed by atoms with E-state index in [4.69, 9.17) is 0 Å². The van der Waals surface area contributed by atoms with Crippen molar-refractivity contribution in [2.45, 2.75) is 44.6 Å². The van der Waals surface area contributed by atoms with E-state index in [1.165, 1.54) is 19.2 Å². The summed E-state index contributed by atoms with van der Waals surface area (Å²) in [5, 5.41) is 1.07. The van der Waals surface area contributed by atoms with Gasteiger partial charge in [-0.3, -0.25) is 9.78 Å². The summed E-state index contributed by atoms with van der Waals surface area (Å²) >= 11 is 0. The topological polar surface area (TPSA) is 59.0 Å². The van der Waals surface area contributed by atoms with Crippen molar-refractivity contribution in [3.63, 3.8) is 0 Å². The van der Waals surface area contributed by atoms with E-state index < -0.39 is 0 Å². The van der Waals surface area contributed by atoms with E-state index in [0.717, 1.165) is 35.0 Å². The van der Waals surface area contributed by atoms with Crippen molar-refractivity contribution in [2.75, 3.05) is 4.90 Å². The average molecular weight is 346 g/mol. The highest BCUT2D eigenvalue weighted by Gasteiger charge is 2.29. The van der Waals surface area contributed by atoms with E-state index in [9.17, 15) is 4.79 Å². The number of rotatable bonds is 5. The van der Waals surface area contributed by atoms with Crippen LogP contribution in [0.15, 0.2) is 55.2 Å². The molecular formula is C21H22N4O. The number of hydrogen-bond donors (Lipinski definition) is 0. The van der Waals surface area contributed by atoms with Gasteiger partial charge in [0.05, 0.1) is 11.2 Å². The summed E-state index contributed by atoms with van der Waals surface area (Å²) in [5.74, 6) is 0.152. The maximum atomic E-state index is 13.2. The molecule has 2 aromatic heterocycles. The maximum absolute atomic E-state index is 13.2. The number of amides is 1. The third-order valence-electron chi connectivity index (χ3n) is 5.07. The Bertz CT molecular complexity index is 885. The second-order valence-electron chi connectivity index (χ2n) is 6.80. The Morgan fingerprint density at radius 3 is 2.65 bits per heavy atom. The normalized spacial score (nSPS) is 14.6. The highest BCUT2D eigenvalue weighted by molar-refractivity contribution is 6.02. The minimum Gasteiger partial charge on any atom is -0.307 e. The smallest absolute Gasteiger partial charge is 0.227 e. The summed E-state index contributed by atoms with van der Waals surface area (Å²) in [4.78, 5) is 27.8. The molecule has 0 unspecified atom stereocenters. The lowest BCUT2D eigenvalue weighted by Crippen LogP contribution is -2.39. The zero-order chi connectivity index (χ0) is 17.8. The number of nitrogens with zero attached hydrogens (tertiary/aromatic N) is 4. The number of anilines is 1. The second kappa shape index (κ2) is 7.60. The molecule has 2 heterocycles. The number of aromatic nitrogens is 3. The number of fused-ring (bicyclic) bond motifs is 1. The first-order valence-electron chi connectivity index (χ1n) is 9.22. The number of aryl methyl sites for hydroxylation is 1. The van der Waals surface area contributed by atoms with Crippen LogP contribution in [0.4, 0.5) is 5.69 Å². The van der Waals surface area contributed by atoms with Gasteiger partial charge in [0.25, 0.3) is 0 Å². The van der Waals surface area contributed by atoms with Crippen molar-refractivity contribution in [2.24, 2.45) is 0 Å². The van der Waals surface area contributed by atoms with E-state index in [1.807, 2.05) is 35.2 Å². The highest BCUT2D eigenvalue weighted by Crippen LogP contribution is 2.33. The largest absolute Gasteiger partial charge is 0.307 e. The Hall–Kier alpha value is -2.82. The molecule has 0 atom stereocenters. The number of para-hydroxylation sites is 1. The molecule has 1 amide bonds. The molecule has 132 valence electrons. The van der Waals surface area contributed by atoms with Crippen molar-refractivity contribution in [1.82, 2.24) is 15.0 Å². The standard InChI is InChI=1S/C21H22N4O/c26-20(11-10-16-13-22-15-23-14-16)25(18-7-1-2-8-18)19-9-3-5-17-6-4-12-24-21(17)19/h3-6,9,12-15,18H,1-2,7-8,10-11H2. The Morgan fingerprint density at radius 2 is 1.85 bits per heavy atom. The number of carbonyl (C=O) groups excluding carboxylic acids is 1. The summed E-state index contributed by atoms with van der Waals surface area (Å²) in [6.07, 6.45) is 12.4. The van der Waals surface area contributed by atoms with E-state index in [-0.39, 0.29) is 11.9 Å². The Balaban J connectivity index is 1.64. The predicted molar refractivity (Wildman–Crippen MR) is 102 cm³/mol. The molecule has 1 fully saturated rings. The van der Waals surface area contributed by atoms with E-state index in [0.29, 0.717) is 12.8 Å². The minimum atomic E-state index is 0.152. The molecule has 0 radical (unpaired) electrons. The zero-order valence-corrected chi connectivity index (χ0v) is 14.7. The molecule has 0 aliphatic heterocycles. The summed E-state index contributed by atoms with van der Waals surface area (Å²) < 4.78 is 0. The molecular weight excluding hydrogens is 324 g/mol. The quantitative estimate of drug-likeness (QED) is 0.702. The first-order valence-corrected chi connectivity index (χ1v) is 9.22. The van der Waals surface area contributed by atoms with Crippen LogP contribution in [0.1, 0.15) is 37.7 Å².